The van der Waals surface area contributed by atoms with E-state index in [-0.39, 0.29) is 44.9 Å². The number of nitrogens with zero attached hydrogens (tertiary/aromatic N) is 1. The Morgan fingerprint density at radius 1 is 0.758 bits per heavy atom. The van der Waals surface area contributed by atoms with E-state index in [0.717, 1.165) is 0 Å². The molecule has 0 aromatic rings. The Balaban J connectivity index is 4.04. The summed E-state index contributed by atoms with van der Waals surface area (Å²) < 4.78 is 15.9. The molecule has 0 spiro atoms. The van der Waals surface area contributed by atoms with Crippen molar-refractivity contribution in [1.29, 1.82) is 0 Å². The van der Waals surface area contributed by atoms with E-state index in [1.807, 2.05) is 21.1 Å². The molecule has 0 atom stereocenters. The Bertz CT molecular complexity index is 654. The number of unbranched alkanes of at least 4 members (excludes halogenated alkanes) is 2. The van der Waals surface area contributed by atoms with Crippen LogP contribution in [0, 0.1) is 0 Å². The zero-order valence-corrected chi connectivity index (χ0v) is 19.5. The van der Waals surface area contributed by atoms with Crippen molar-refractivity contribution in [3.05, 3.63) is 0 Å². The van der Waals surface area contributed by atoms with E-state index in [9.17, 15) is 29.1 Å². The number of quaternary nitrogens is 1. The zero-order valence-electron chi connectivity index (χ0n) is 19.5. The largest absolute Gasteiger partial charge is 0.547 e. The maximum absolute atomic E-state index is 11.7. The highest BCUT2D eigenvalue weighted by molar-refractivity contribution is 5.87. The van der Waals surface area contributed by atoms with Crippen LogP contribution >= 0.6 is 0 Å². The number of carboxylic acids is 3. The highest BCUT2D eigenvalue weighted by Gasteiger charge is 2.38. The summed E-state index contributed by atoms with van der Waals surface area (Å²) in [6, 6.07) is 0. The minimum Gasteiger partial charge on any atom is -0.547 e. The van der Waals surface area contributed by atoms with Crippen molar-refractivity contribution < 1.29 is 58.0 Å². The van der Waals surface area contributed by atoms with Gasteiger partial charge in [-0.2, -0.15) is 0 Å². The summed E-state index contributed by atoms with van der Waals surface area (Å²) in [6.45, 7) is 0.934. The van der Waals surface area contributed by atoms with Crippen molar-refractivity contribution in [3.8, 4) is 0 Å². The third kappa shape index (κ3) is 15.7. The van der Waals surface area contributed by atoms with Gasteiger partial charge in [-0.05, 0) is 25.7 Å². The SMILES string of the molecule is C[N+](C)(C)CCOC(=O)CCCCOC(=O)CCCCOC(CC(=O)O)(CC(=O)O)C(=O)[O-]. The highest BCUT2D eigenvalue weighted by Crippen LogP contribution is 2.22. The molecular formula is C21H35NO11. The van der Waals surface area contributed by atoms with E-state index < -0.39 is 42.3 Å². The summed E-state index contributed by atoms with van der Waals surface area (Å²) in [5.41, 5.74) is -2.48. The van der Waals surface area contributed by atoms with Gasteiger partial charge < -0.3 is 38.8 Å². The average Bonchev–Trinajstić information content (AvgIpc) is 2.65. The van der Waals surface area contributed by atoms with Crippen LogP contribution < -0.4 is 5.11 Å². The predicted molar refractivity (Wildman–Crippen MR) is 111 cm³/mol. The minimum absolute atomic E-state index is 0.0205. The summed E-state index contributed by atoms with van der Waals surface area (Å²) in [4.78, 5) is 56.4. The van der Waals surface area contributed by atoms with Crippen molar-refractivity contribution in [2.24, 2.45) is 0 Å². The van der Waals surface area contributed by atoms with Gasteiger partial charge in [0.2, 0.25) is 0 Å². The van der Waals surface area contributed by atoms with Gasteiger partial charge in [0.25, 0.3) is 0 Å². The Morgan fingerprint density at radius 3 is 1.64 bits per heavy atom. The van der Waals surface area contributed by atoms with E-state index in [2.05, 4.69) is 0 Å². The molecule has 0 rings (SSSR count). The molecule has 0 saturated heterocycles. The monoisotopic (exact) mass is 477 g/mol. The van der Waals surface area contributed by atoms with Crippen LogP contribution in [0.3, 0.4) is 0 Å². The first-order valence-corrected chi connectivity index (χ1v) is 10.7. The lowest BCUT2D eigenvalue weighted by Crippen LogP contribution is -2.53. The van der Waals surface area contributed by atoms with E-state index >= 15 is 0 Å². The number of hydrogen-bond acceptors (Lipinski definition) is 9. The standard InChI is InChI=1S/C21H35NO11/c1-22(2,3)10-13-32-19(28)8-4-6-11-31-18(27)9-5-7-12-33-21(20(29)30,14-16(23)24)15-17(25)26/h4-15H2,1-3H3,(H2-,23,24,25,26,29,30). The second-order valence-electron chi connectivity index (χ2n) is 8.64. The van der Waals surface area contributed by atoms with E-state index in [1.165, 1.54) is 0 Å². The van der Waals surface area contributed by atoms with Crippen LogP contribution in [-0.4, -0.2) is 97.7 Å². The fraction of sp³-hybridized carbons (Fsp3) is 0.762. The molecule has 0 aliphatic rings. The van der Waals surface area contributed by atoms with Gasteiger partial charge >= 0.3 is 23.9 Å². The van der Waals surface area contributed by atoms with Crippen molar-refractivity contribution in [2.75, 3.05) is 47.5 Å². The fourth-order valence-electron chi connectivity index (χ4n) is 2.63. The first-order chi connectivity index (χ1) is 15.3. The van der Waals surface area contributed by atoms with Crippen molar-refractivity contribution in [3.63, 3.8) is 0 Å². The maximum Gasteiger partial charge on any atom is 0.306 e. The number of carboxylic acid groups (broad SMARTS) is 3. The summed E-state index contributed by atoms with van der Waals surface area (Å²) in [7, 11) is 5.98. The molecule has 0 heterocycles. The smallest absolute Gasteiger partial charge is 0.306 e. The van der Waals surface area contributed by atoms with Gasteiger partial charge in [-0.3, -0.25) is 19.2 Å². The fourth-order valence-corrected chi connectivity index (χ4v) is 2.63. The van der Waals surface area contributed by atoms with Gasteiger partial charge in [0.15, 0.2) is 0 Å². The maximum atomic E-state index is 11.7. The number of ether oxygens (including phenoxy) is 3. The third-order valence-electron chi connectivity index (χ3n) is 4.46. The Morgan fingerprint density at radius 2 is 1.21 bits per heavy atom. The molecule has 33 heavy (non-hydrogen) atoms. The molecule has 0 radical (unpaired) electrons. The molecule has 2 N–H and O–H groups in total. The molecule has 0 fully saturated rings. The number of carbonyl (C=O) groups is 5. The molecule has 0 aromatic heterocycles. The van der Waals surface area contributed by atoms with Crippen LogP contribution in [0.15, 0.2) is 0 Å². The van der Waals surface area contributed by atoms with Crippen molar-refractivity contribution >= 4 is 29.8 Å². The van der Waals surface area contributed by atoms with Gasteiger partial charge in [0.1, 0.15) is 18.8 Å². The summed E-state index contributed by atoms with van der Waals surface area (Å²) in [5, 5.41) is 29.0. The van der Waals surface area contributed by atoms with Gasteiger partial charge in [0, 0.05) is 19.4 Å². The van der Waals surface area contributed by atoms with E-state index in [1.54, 1.807) is 0 Å². The van der Waals surface area contributed by atoms with Crippen LogP contribution in [0.5, 0.6) is 0 Å². The number of esters is 2. The van der Waals surface area contributed by atoms with Gasteiger partial charge in [-0.25, -0.2) is 0 Å². The molecule has 12 nitrogen and oxygen atoms in total. The van der Waals surface area contributed by atoms with E-state index in [4.69, 9.17) is 24.4 Å². The van der Waals surface area contributed by atoms with Gasteiger partial charge in [0.05, 0.1) is 46.6 Å². The third-order valence-corrected chi connectivity index (χ3v) is 4.46. The van der Waals surface area contributed by atoms with Crippen LogP contribution in [0.4, 0.5) is 0 Å². The van der Waals surface area contributed by atoms with Crippen molar-refractivity contribution in [1.82, 2.24) is 0 Å². The number of aliphatic carboxylic acids is 3. The topological polar surface area (TPSA) is 177 Å². The number of hydrogen-bond donors (Lipinski definition) is 2. The number of rotatable bonds is 19. The molecule has 190 valence electrons. The van der Waals surface area contributed by atoms with Gasteiger partial charge in [-0.15, -0.1) is 0 Å². The molecule has 0 aliphatic carbocycles. The number of carbonyl (C=O) groups excluding carboxylic acids is 3. The summed E-state index contributed by atoms with van der Waals surface area (Å²) in [6.07, 6.45) is -0.407. The molecule has 0 unspecified atom stereocenters. The van der Waals surface area contributed by atoms with Crippen molar-refractivity contribution in [2.45, 2.75) is 57.0 Å². The Hall–Kier alpha value is -2.73. The minimum atomic E-state index is -2.48. The Labute approximate surface area is 193 Å². The van der Waals surface area contributed by atoms with Crippen LogP contribution in [0.25, 0.3) is 0 Å². The lowest BCUT2D eigenvalue weighted by Gasteiger charge is -2.32. The van der Waals surface area contributed by atoms with Crippen LogP contribution in [0.2, 0.25) is 0 Å². The van der Waals surface area contributed by atoms with Crippen LogP contribution in [-0.2, 0) is 38.2 Å². The number of likely N-dealkylation sites (N-methyl/N-ethyl adjacent to an activating group) is 1. The molecule has 0 amide bonds. The summed E-state index contributed by atoms with van der Waals surface area (Å²) in [5.74, 6) is -5.79. The first-order valence-electron chi connectivity index (χ1n) is 10.7. The molecule has 0 saturated carbocycles. The molecule has 0 bridgehead atoms. The second kappa shape index (κ2) is 15.2. The lowest BCUT2D eigenvalue weighted by molar-refractivity contribution is -0.870. The normalized spacial score (nSPS) is 11.6. The molecular weight excluding hydrogens is 442 g/mol. The Kier molecular flexibility index (Phi) is 13.9. The zero-order chi connectivity index (χ0) is 25.5. The molecule has 12 heteroatoms. The second-order valence-corrected chi connectivity index (χ2v) is 8.64. The first kappa shape index (κ1) is 30.3. The van der Waals surface area contributed by atoms with E-state index in [0.29, 0.717) is 30.5 Å². The molecule has 0 aromatic carbocycles. The highest BCUT2D eigenvalue weighted by atomic mass is 16.5. The summed E-state index contributed by atoms with van der Waals surface area (Å²) >= 11 is 0. The lowest BCUT2D eigenvalue weighted by atomic mass is 9.95. The quantitative estimate of drug-likeness (QED) is 0.140. The van der Waals surface area contributed by atoms with Gasteiger partial charge in [-0.1, -0.05) is 0 Å². The van der Waals surface area contributed by atoms with Crippen LogP contribution in [0.1, 0.15) is 51.4 Å². The average molecular weight is 478 g/mol. The molecule has 0 aliphatic heterocycles. The predicted octanol–water partition coefficient (Wildman–Crippen LogP) is -0.426.